The summed E-state index contributed by atoms with van der Waals surface area (Å²) in [5, 5.41) is 20.8. The number of benzene rings is 2. The lowest BCUT2D eigenvalue weighted by Gasteiger charge is -2.43. The first-order valence-corrected chi connectivity index (χ1v) is 9.97. The van der Waals surface area contributed by atoms with Gasteiger partial charge in [-0.15, -0.1) is 0 Å². The van der Waals surface area contributed by atoms with Crippen molar-refractivity contribution in [2.45, 2.75) is 50.7 Å². The van der Waals surface area contributed by atoms with Gasteiger partial charge in [0.05, 0.1) is 19.8 Å². The van der Waals surface area contributed by atoms with Crippen LogP contribution < -0.4 is 0 Å². The van der Waals surface area contributed by atoms with Gasteiger partial charge in [0.2, 0.25) is 0 Å². The van der Waals surface area contributed by atoms with Crippen molar-refractivity contribution in [1.82, 2.24) is 0 Å². The Morgan fingerprint density at radius 2 is 1.40 bits per heavy atom. The van der Waals surface area contributed by atoms with E-state index in [1.54, 1.807) is 0 Å². The Bertz CT molecular complexity index is 768. The van der Waals surface area contributed by atoms with E-state index in [0.717, 1.165) is 11.1 Å². The summed E-state index contributed by atoms with van der Waals surface area (Å²) in [7, 11) is 0. The van der Waals surface area contributed by atoms with Crippen LogP contribution in [0.15, 0.2) is 60.7 Å². The molecular formula is C23H28O7. The number of hydrogen-bond acceptors (Lipinski definition) is 7. The molecule has 0 radical (unpaired) electrons. The van der Waals surface area contributed by atoms with Crippen molar-refractivity contribution in [3.8, 4) is 0 Å². The normalized spacial score (nSPS) is 26.3. The summed E-state index contributed by atoms with van der Waals surface area (Å²) in [6, 6.07) is 19.1. The van der Waals surface area contributed by atoms with Crippen LogP contribution in [-0.4, -0.2) is 59.9 Å². The van der Waals surface area contributed by atoms with E-state index in [1.807, 2.05) is 60.7 Å². The molecule has 2 aromatic rings. The molecule has 2 N–H and O–H groups in total. The Morgan fingerprint density at radius 1 is 0.900 bits per heavy atom. The van der Waals surface area contributed by atoms with Gasteiger partial charge in [-0.25, -0.2) is 0 Å². The topological polar surface area (TPSA) is 94.5 Å². The molecule has 2 aromatic carbocycles. The molecule has 0 saturated carbocycles. The fourth-order valence-corrected chi connectivity index (χ4v) is 3.43. The van der Waals surface area contributed by atoms with Gasteiger partial charge >= 0.3 is 5.97 Å². The van der Waals surface area contributed by atoms with Gasteiger partial charge in [0.25, 0.3) is 0 Å². The summed E-state index contributed by atoms with van der Waals surface area (Å²) in [6.07, 6.45) is -4.19. The van der Waals surface area contributed by atoms with E-state index in [-0.39, 0.29) is 26.4 Å². The molecule has 5 atom stereocenters. The lowest BCUT2D eigenvalue weighted by molar-refractivity contribution is -0.263. The monoisotopic (exact) mass is 416 g/mol. The van der Waals surface area contributed by atoms with Gasteiger partial charge in [-0.05, 0) is 11.1 Å². The number of aliphatic hydroxyl groups excluding tert-OH is 2. The fraction of sp³-hybridized carbons (Fsp3) is 0.435. The molecule has 1 aliphatic heterocycles. The number of esters is 1. The number of ether oxygens (including phenoxy) is 4. The molecule has 1 heterocycles. The minimum Gasteiger partial charge on any atom is -0.463 e. The molecule has 0 bridgehead atoms. The summed E-state index contributed by atoms with van der Waals surface area (Å²) >= 11 is 0. The zero-order valence-corrected chi connectivity index (χ0v) is 16.9. The molecule has 1 aliphatic rings. The number of carbonyl (C=O) groups excluding carboxylic acids is 1. The molecule has 162 valence electrons. The molecule has 0 amide bonds. The van der Waals surface area contributed by atoms with Gasteiger partial charge in [0.1, 0.15) is 37.1 Å². The summed E-state index contributed by atoms with van der Waals surface area (Å²) in [6.45, 7) is 1.36. The third-order valence-electron chi connectivity index (χ3n) is 4.96. The first-order valence-electron chi connectivity index (χ1n) is 9.97. The maximum absolute atomic E-state index is 11.3. The van der Waals surface area contributed by atoms with Crippen molar-refractivity contribution in [3.63, 3.8) is 0 Å². The minimum absolute atomic E-state index is 0.0895. The van der Waals surface area contributed by atoms with E-state index in [4.69, 9.17) is 18.9 Å². The maximum atomic E-state index is 11.3. The number of rotatable bonds is 9. The molecule has 3 rings (SSSR count). The van der Waals surface area contributed by atoms with Crippen molar-refractivity contribution in [1.29, 1.82) is 0 Å². The Balaban J connectivity index is 1.72. The predicted octanol–water partition coefficient (Wildman–Crippen LogP) is 1.84. The molecule has 1 saturated heterocycles. The lowest BCUT2D eigenvalue weighted by atomic mass is 9.94. The molecule has 0 aromatic heterocycles. The molecule has 3 unspecified atom stereocenters. The van der Waals surface area contributed by atoms with Gasteiger partial charge in [-0.2, -0.15) is 0 Å². The van der Waals surface area contributed by atoms with Crippen molar-refractivity contribution < 1.29 is 34.0 Å². The second-order valence-corrected chi connectivity index (χ2v) is 7.21. The third-order valence-corrected chi connectivity index (χ3v) is 4.96. The second kappa shape index (κ2) is 11.2. The molecule has 7 nitrogen and oxygen atoms in total. The van der Waals surface area contributed by atoms with E-state index >= 15 is 0 Å². The Hall–Kier alpha value is -2.29. The van der Waals surface area contributed by atoms with Crippen molar-refractivity contribution in [2.24, 2.45) is 0 Å². The van der Waals surface area contributed by atoms with E-state index in [9.17, 15) is 15.0 Å². The maximum Gasteiger partial charge on any atom is 0.302 e. The van der Waals surface area contributed by atoms with Crippen molar-refractivity contribution >= 4 is 5.97 Å². The zero-order valence-electron chi connectivity index (χ0n) is 16.9. The van der Waals surface area contributed by atoms with Crippen LogP contribution in [0.4, 0.5) is 0 Å². The Morgan fingerprint density at radius 3 is 1.87 bits per heavy atom. The number of aliphatic hydroxyl groups is 2. The van der Waals surface area contributed by atoms with E-state index < -0.39 is 36.5 Å². The molecule has 0 aliphatic carbocycles. The first-order chi connectivity index (χ1) is 14.6. The smallest absolute Gasteiger partial charge is 0.302 e. The number of carbonyl (C=O) groups is 1. The highest BCUT2D eigenvalue weighted by atomic mass is 16.6. The Labute approximate surface area is 176 Å². The highest BCUT2D eigenvalue weighted by molar-refractivity contribution is 5.65. The van der Waals surface area contributed by atoms with Crippen molar-refractivity contribution in [3.05, 3.63) is 71.8 Å². The summed E-state index contributed by atoms with van der Waals surface area (Å²) in [4.78, 5) is 11.3. The van der Waals surface area contributed by atoms with Crippen LogP contribution >= 0.6 is 0 Å². The van der Waals surface area contributed by atoms with Gasteiger partial charge in [0, 0.05) is 6.92 Å². The summed E-state index contributed by atoms with van der Waals surface area (Å²) in [5.41, 5.74) is 1.87. The number of hydrogen-bond donors (Lipinski definition) is 2. The average molecular weight is 416 g/mol. The largest absolute Gasteiger partial charge is 0.463 e. The van der Waals surface area contributed by atoms with Crippen LogP contribution in [0.2, 0.25) is 0 Å². The summed E-state index contributed by atoms with van der Waals surface area (Å²) < 4.78 is 22.9. The van der Waals surface area contributed by atoms with Crippen LogP contribution in [0.25, 0.3) is 0 Å². The van der Waals surface area contributed by atoms with Crippen molar-refractivity contribution in [2.75, 3.05) is 13.2 Å². The SMILES string of the molecule is CC(=O)OCC1O[C@@H](CO)C(OCc2ccccc2)C(O)[C@@H]1OCc1ccccc1. The van der Waals surface area contributed by atoms with Crippen LogP contribution in [0.5, 0.6) is 0 Å². The van der Waals surface area contributed by atoms with Gasteiger partial charge in [-0.3, -0.25) is 4.79 Å². The molecule has 0 spiro atoms. The van der Waals surface area contributed by atoms with Gasteiger partial charge < -0.3 is 29.2 Å². The average Bonchev–Trinajstić information content (AvgIpc) is 2.77. The van der Waals surface area contributed by atoms with Crippen LogP contribution in [-0.2, 0) is 37.0 Å². The fourth-order valence-electron chi connectivity index (χ4n) is 3.43. The highest BCUT2D eigenvalue weighted by Gasteiger charge is 2.46. The van der Waals surface area contributed by atoms with Crippen LogP contribution in [0.1, 0.15) is 18.1 Å². The third kappa shape index (κ3) is 6.10. The zero-order chi connectivity index (χ0) is 21.3. The first kappa shape index (κ1) is 22.4. The predicted molar refractivity (Wildman–Crippen MR) is 108 cm³/mol. The molecular weight excluding hydrogens is 388 g/mol. The lowest BCUT2D eigenvalue weighted by Crippen LogP contribution is -2.61. The van der Waals surface area contributed by atoms with E-state index in [1.165, 1.54) is 6.92 Å². The van der Waals surface area contributed by atoms with E-state index in [0.29, 0.717) is 0 Å². The molecule has 7 heteroatoms. The molecule has 30 heavy (non-hydrogen) atoms. The quantitative estimate of drug-likeness (QED) is 0.603. The van der Waals surface area contributed by atoms with Gasteiger partial charge in [0.15, 0.2) is 0 Å². The minimum atomic E-state index is -1.08. The summed E-state index contributed by atoms with van der Waals surface area (Å²) in [5.74, 6) is -0.460. The highest BCUT2D eigenvalue weighted by Crippen LogP contribution is 2.27. The second-order valence-electron chi connectivity index (χ2n) is 7.21. The standard InChI is InChI=1S/C23H28O7/c1-16(25)27-15-20-23(29-14-18-10-6-3-7-11-18)21(26)22(19(12-24)30-20)28-13-17-8-4-2-5-9-17/h2-11,19-24,26H,12-15H2,1H3/t19-,20?,21?,22?,23+/m0/s1. The van der Waals surface area contributed by atoms with E-state index in [2.05, 4.69) is 0 Å². The van der Waals surface area contributed by atoms with Crippen LogP contribution in [0, 0.1) is 0 Å². The molecule has 1 fully saturated rings. The van der Waals surface area contributed by atoms with Gasteiger partial charge in [-0.1, -0.05) is 60.7 Å². The Kier molecular flexibility index (Phi) is 8.36. The van der Waals surface area contributed by atoms with Crippen LogP contribution in [0.3, 0.4) is 0 Å².